The van der Waals surface area contributed by atoms with Crippen molar-refractivity contribution in [1.82, 2.24) is 5.32 Å². The summed E-state index contributed by atoms with van der Waals surface area (Å²) >= 11 is 0. The lowest BCUT2D eigenvalue weighted by Gasteiger charge is -2.49. The molecule has 135 heavy (non-hydrogen) atoms. The van der Waals surface area contributed by atoms with Crippen molar-refractivity contribution in [3.05, 3.63) is 154 Å². The van der Waals surface area contributed by atoms with Gasteiger partial charge in [0.15, 0.2) is 27.0 Å². The maximum absolute atomic E-state index is 16.1. The third-order valence-electron chi connectivity index (χ3n) is 26.7. The molecule has 0 spiro atoms. The van der Waals surface area contributed by atoms with E-state index in [2.05, 4.69) is 70.7 Å². The van der Waals surface area contributed by atoms with E-state index in [1.165, 1.54) is 57.8 Å². The van der Waals surface area contributed by atoms with Crippen LogP contribution < -0.4 is 5.32 Å². The van der Waals surface area contributed by atoms with Crippen LogP contribution in [0, 0.1) is 0 Å². The lowest BCUT2D eigenvalue weighted by molar-refractivity contribution is -0.301. The summed E-state index contributed by atoms with van der Waals surface area (Å²) < 4.78 is 112. The molecule has 7 rings (SSSR count). The van der Waals surface area contributed by atoms with E-state index in [9.17, 15) is 15.1 Å². The molecule has 0 bridgehead atoms. The zero-order valence-corrected chi connectivity index (χ0v) is 86.4. The molecule has 0 aliphatic carbocycles. The number of amides is 1. The maximum Gasteiger partial charge on any atom is 0.475 e. The van der Waals surface area contributed by atoms with Gasteiger partial charge in [0, 0.05) is 17.8 Å². The first kappa shape index (κ1) is 116. The third-order valence-corrected chi connectivity index (χ3v) is 32.6. The molecular weight excluding hydrogens is 1740 g/mol. The molecule has 0 saturated carbocycles. The van der Waals surface area contributed by atoms with Crippen LogP contribution in [-0.4, -0.2) is 131 Å². The molecule has 2 saturated heterocycles. The first-order valence-corrected chi connectivity index (χ1v) is 57.2. The summed E-state index contributed by atoms with van der Waals surface area (Å²) in [5.74, 6) is -3.01. The zero-order valence-electron chi connectivity index (χ0n) is 84.5. The average molecular weight is 1920 g/mol. The Morgan fingerprint density at radius 1 is 0.437 bits per heavy atom. The topological polar surface area (TPSA) is 292 Å². The minimum Gasteiger partial charge on any atom is -0.462 e. The van der Waals surface area contributed by atoms with Crippen LogP contribution in [-0.2, 0) is 127 Å². The number of nitrogens with one attached hydrogen (secondary N) is 1. The normalized spacial score (nSPS) is 20.2. The lowest BCUT2D eigenvalue weighted by atomic mass is 9.95. The summed E-state index contributed by atoms with van der Waals surface area (Å²) in [4.78, 5) is 79.5. The zero-order chi connectivity index (χ0) is 96.8. The fourth-order valence-electron chi connectivity index (χ4n) is 17.6. The smallest absolute Gasteiger partial charge is 0.462 e. The van der Waals surface area contributed by atoms with Gasteiger partial charge in [0.1, 0.15) is 54.8 Å². The van der Waals surface area contributed by atoms with E-state index in [-0.39, 0.29) is 65.3 Å². The van der Waals surface area contributed by atoms with E-state index in [0.717, 1.165) is 196 Å². The fourth-order valence-corrected chi connectivity index (χ4v) is 20.0. The average Bonchev–Trinajstić information content (AvgIpc) is 1.74. The first-order valence-electron chi connectivity index (χ1n) is 52.9. The summed E-state index contributed by atoms with van der Waals surface area (Å²) in [6, 6.07) is 33.1. The fraction of sp³-hybridized carbons (Fsp3) is 0.734. The van der Waals surface area contributed by atoms with Gasteiger partial charge in [-0.1, -0.05) is 413 Å². The number of fused-ring (bicyclic) bond motifs is 1. The number of carbonyl (C=O) groups is 5. The van der Waals surface area contributed by atoms with E-state index in [1.807, 2.05) is 128 Å². The predicted octanol–water partition coefficient (Wildman–Crippen LogP) is 28.1. The molecule has 26 heteroatoms. The Morgan fingerprint density at radius 3 is 1.26 bits per heavy atom. The monoisotopic (exact) mass is 1920 g/mol. The number of benzene rings is 4. The molecule has 3 aliphatic rings. The van der Waals surface area contributed by atoms with Crippen molar-refractivity contribution in [1.29, 1.82) is 0 Å². The number of azide groups is 1. The SMILES string of the molecule is CCCCCCCCCCC[C@H](CC(=O)O[C@@H]1[C@@H](N=[N+]=[N-])[C@H](O[Si](C)(C)C(C)(C)C)O[C@H](CO[C@@H]2O[C@H](COCc3ccccc3)[C@@H](OP3(=O)OCc4ccccc4CO3)[C@H](OC(=O)C[C@@H](CCCCCCCCCCC)OC(=O)CCCCCCCCC)[C@H]2NC(=O)C[C@@H](CCCCCCCCCCC)OC(=O)CCCCCCCCC)[C@H]1OCc1ccccc1)OCc1ccccc1. The van der Waals surface area contributed by atoms with Crippen LogP contribution in [0.3, 0.4) is 0 Å². The third kappa shape index (κ3) is 47.2. The van der Waals surface area contributed by atoms with Gasteiger partial charge in [-0.05, 0) is 96.4 Å². The Hall–Kier alpha value is -6.41. The molecule has 1 N–H and O–H groups in total. The van der Waals surface area contributed by atoms with Gasteiger partial charge in [-0.25, -0.2) is 4.57 Å². The molecular formula is C109H175N4O20PSi. The van der Waals surface area contributed by atoms with Crippen molar-refractivity contribution in [2.75, 3.05) is 13.2 Å². The Balaban J connectivity index is 1.39. The van der Waals surface area contributed by atoms with Gasteiger partial charge < -0.3 is 57.1 Å². The van der Waals surface area contributed by atoms with Crippen LogP contribution in [0.5, 0.6) is 0 Å². The minimum absolute atomic E-state index is 0.0316. The number of unbranched alkanes of at least 4 members (excludes halogenated alkanes) is 36. The molecule has 3 aliphatic heterocycles. The molecule has 2 fully saturated rings. The van der Waals surface area contributed by atoms with Crippen LogP contribution in [0.2, 0.25) is 18.1 Å². The molecule has 24 nitrogen and oxygen atoms in total. The van der Waals surface area contributed by atoms with Gasteiger partial charge >= 0.3 is 31.7 Å². The second-order valence-corrected chi connectivity index (χ2v) is 45.8. The summed E-state index contributed by atoms with van der Waals surface area (Å²) in [7, 11) is -7.79. The summed E-state index contributed by atoms with van der Waals surface area (Å²) in [6.45, 7) is 20.2. The van der Waals surface area contributed by atoms with Crippen molar-refractivity contribution in [3.63, 3.8) is 0 Å². The van der Waals surface area contributed by atoms with Crippen molar-refractivity contribution in [2.24, 2.45) is 5.11 Å². The molecule has 0 aromatic heterocycles. The van der Waals surface area contributed by atoms with E-state index >= 15 is 18.9 Å². The Labute approximate surface area is 813 Å². The largest absolute Gasteiger partial charge is 0.475 e. The van der Waals surface area contributed by atoms with Gasteiger partial charge in [0.05, 0.1) is 71.6 Å². The second kappa shape index (κ2) is 68.6. The van der Waals surface area contributed by atoms with Crippen LogP contribution in [0.1, 0.15) is 398 Å². The maximum atomic E-state index is 16.1. The van der Waals surface area contributed by atoms with Gasteiger partial charge in [-0.15, -0.1) is 0 Å². The number of hydrogen-bond donors (Lipinski definition) is 1. The van der Waals surface area contributed by atoms with Gasteiger partial charge in [0.25, 0.3) is 0 Å². The molecule has 0 radical (unpaired) electrons. The predicted molar refractivity (Wildman–Crippen MR) is 535 cm³/mol. The van der Waals surface area contributed by atoms with Crippen LogP contribution >= 0.6 is 7.82 Å². The highest BCUT2D eigenvalue weighted by Crippen LogP contribution is 2.56. The van der Waals surface area contributed by atoms with Gasteiger partial charge in [-0.3, -0.25) is 37.5 Å². The molecule has 1 amide bonds. The van der Waals surface area contributed by atoms with Crippen LogP contribution in [0.25, 0.3) is 10.4 Å². The molecule has 3 heterocycles. The Morgan fingerprint density at radius 2 is 0.815 bits per heavy atom. The summed E-state index contributed by atoms with van der Waals surface area (Å²) in [5.41, 5.74) is 14.7. The van der Waals surface area contributed by atoms with Crippen molar-refractivity contribution in [3.8, 4) is 0 Å². The number of hydrogen-bond acceptors (Lipinski definition) is 21. The molecule has 4 aromatic carbocycles. The lowest BCUT2D eigenvalue weighted by Crippen LogP contribution is -2.67. The number of phosphoric acid groups is 1. The molecule has 4 aromatic rings. The summed E-state index contributed by atoms with van der Waals surface area (Å²) in [5, 5.41) is 7.19. The van der Waals surface area contributed by atoms with Gasteiger partial charge in [0.2, 0.25) is 5.91 Å². The second-order valence-electron chi connectivity index (χ2n) is 39.4. The quantitative estimate of drug-likeness (QED) is 0.00628. The number of ether oxygens (including phenoxy) is 10. The Kier molecular flexibility index (Phi) is 58.8. The summed E-state index contributed by atoms with van der Waals surface area (Å²) in [6.07, 6.45) is 28.6. The highest BCUT2D eigenvalue weighted by molar-refractivity contribution is 7.48. The highest BCUT2D eigenvalue weighted by atomic mass is 31.2. The Bertz CT molecular complexity index is 3890. The standard InChI is InChI=1S/C109H175N4O20PSi/c1-11-16-21-26-31-34-39-42-56-71-91(121-80-87-65-52-48-53-66-87)77-99(117)131-106-102(112-113-110)108(133-135(9,10)109(6,7)8)129-95(103(106)122-81-88-67-54-49-55-68-88)85-123-107-101(111-96(114)76-92(72-57-43-40-35-32-27-22-17-12-2)126-97(115)74-59-45-37-29-24-19-14-4)105(130-100(118)78-93(73-58-44-41-36-33-28-23-18-13-3)127-98(116)75-60-46-38-30-25-20-15-5)104(94(128-107)84-120-79-86-63-50-47-51-64-86)132-134(119)124-82-89-69-61-62-70-90(89)83-125-134/h47-55,61-70,91-95,101-108H,11-46,56-60,71-85H2,1-10H3,(H,111,114)/t91-,92-,93-,94-,95-,101-,102-,103-,104-,105-,106-,107-,108+/m1/s1. The van der Waals surface area contributed by atoms with E-state index in [0.29, 0.717) is 56.1 Å². The number of carbonyl (C=O) groups excluding carboxylic acids is 5. The van der Waals surface area contributed by atoms with Crippen LogP contribution in [0.15, 0.2) is 120 Å². The van der Waals surface area contributed by atoms with Gasteiger partial charge in [-0.2, -0.15) is 0 Å². The highest BCUT2D eigenvalue weighted by Gasteiger charge is 2.57. The number of nitrogens with zero attached hydrogens (tertiary/aromatic N) is 3. The molecule has 0 unspecified atom stereocenters. The van der Waals surface area contributed by atoms with E-state index in [4.69, 9.17) is 65.4 Å². The van der Waals surface area contributed by atoms with Crippen molar-refractivity contribution < 1.29 is 93.9 Å². The molecule has 760 valence electrons. The van der Waals surface area contributed by atoms with Crippen LogP contribution in [0.4, 0.5) is 0 Å². The first-order chi connectivity index (χ1) is 65.6. The molecule has 13 atom stereocenters. The number of esters is 4. The van der Waals surface area contributed by atoms with E-state index in [1.54, 1.807) is 0 Å². The minimum atomic E-state index is -4.81. The van der Waals surface area contributed by atoms with E-state index < -0.39 is 144 Å². The number of rotatable bonds is 75. The van der Waals surface area contributed by atoms with Crippen molar-refractivity contribution >= 4 is 45.9 Å². The van der Waals surface area contributed by atoms with Crippen molar-refractivity contribution in [2.45, 2.75) is 501 Å². The number of phosphoric ester groups is 1.